The number of rotatable bonds is 9. The first kappa shape index (κ1) is 18.7. The maximum atomic E-state index is 12.9. The van der Waals surface area contributed by atoms with E-state index in [-0.39, 0.29) is 24.8 Å². The lowest BCUT2D eigenvalue weighted by molar-refractivity contribution is -0.137. The van der Waals surface area contributed by atoms with Crippen molar-refractivity contribution in [2.24, 2.45) is 0 Å². The molecule has 0 aliphatic carbocycles. The molecule has 0 aromatic heterocycles. The maximum Gasteiger partial charge on any atom is 0.303 e. The van der Waals surface area contributed by atoms with Gasteiger partial charge in [-0.3, -0.25) is 14.4 Å². The lowest BCUT2D eigenvalue weighted by Gasteiger charge is -2.34. The van der Waals surface area contributed by atoms with Crippen LogP contribution in [0.1, 0.15) is 48.5 Å². The monoisotopic (exact) mass is 344 g/mol. The van der Waals surface area contributed by atoms with Crippen LogP contribution in [0, 0.1) is 0 Å². The summed E-state index contributed by atoms with van der Waals surface area (Å²) in [5, 5.41) is 11.5. The van der Waals surface area contributed by atoms with Gasteiger partial charge in [0.25, 0.3) is 5.91 Å². The average molecular weight is 344 g/mol. The third-order valence-corrected chi connectivity index (χ3v) is 4.57. The Hall–Kier alpha value is -2.63. The molecule has 0 fully saturated rings. The van der Waals surface area contributed by atoms with E-state index in [2.05, 4.69) is 11.9 Å². The number of amides is 2. The molecule has 6 heteroatoms. The van der Waals surface area contributed by atoms with Crippen molar-refractivity contribution in [3.63, 3.8) is 0 Å². The molecule has 2 N–H and O–H groups in total. The molecule has 1 aromatic rings. The van der Waals surface area contributed by atoms with Gasteiger partial charge >= 0.3 is 5.97 Å². The van der Waals surface area contributed by atoms with E-state index < -0.39 is 11.5 Å². The smallest absolute Gasteiger partial charge is 0.303 e. The van der Waals surface area contributed by atoms with Crippen LogP contribution in [0.2, 0.25) is 0 Å². The van der Waals surface area contributed by atoms with Gasteiger partial charge in [0.15, 0.2) is 0 Å². The highest BCUT2D eigenvalue weighted by atomic mass is 16.4. The van der Waals surface area contributed by atoms with Crippen LogP contribution in [-0.4, -0.2) is 40.9 Å². The van der Waals surface area contributed by atoms with Crippen LogP contribution >= 0.6 is 0 Å². The van der Waals surface area contributed by atoms with E-state index in [1.165, 1.54) is 4.90 Å². The maximum absolute atomic E-state index is 12.9. The highest BCUT2D eigenvalue weighted by Gasteiger charge is 2.50. The van der Waals surface area contributed by atoms with Gasteiger partial charge in [-0.1, -0.05) is 30.7 Å². The van der Waals surface area contributed by atoms with E-state index in [9.17, 15) is 14.4 Å². The van der Waals surface area contributed by atoms with Crippen LogP contribution in [-0.2, 0) is 15.1 Å². The molecule has 1 aliphatic heterocycles. The fourth-order valence-electron chi connectivity index (χ4n) is 3.18. The van der Waals surface area contributed by atoms with Crippen LogP contribution in [0.5, 0.6) is 0 Å². The number of carboxylic acids is 1. The Morgan fingerprint density at radius 1 is 1.28 bits per heavy atom. The molecule has 1 aromatic carbocycles. The Morgan fingerprint density at radius 2 is 2.00 bits per heavy atom. The molecule has 2 rings (SSSR count). The molecule has 1 aliphatic rings. The van der Waals surface area contributed by atoms with Gasteiger partial charge in [0.1, 0.15) is 5.54 Å². The van der Waals surface area contributed by atoms with Crippen LogP contribution in [0.3, 0.4) is 0 Å². The summed E-state index contributed by atoms with van der Waals surface area (Å²) in [7, 11) is 0. The number of unbranched alkanes of at least 4 members (excludes halogenated alkanes) is 2. The zero-order valence-corrected chi connectivity index (χ0v) is 14.5. The Bertz CT molecular complexity index is 686. The summed E-state index contributed by atoms with van der Waals surface area (Å²) in [6, 6.07) is 7.15. The Kier molecular flexibility index (Phi) is 5.96. The van der Waals surface area contributed by atoms with Crippen molar-refractivity contribution in [2.75, 3.05) is 13.1 Å². The van der Waals surface area contributed by atoms with Crippen molar-refractivity contribution in [3.05, 3.63) is 48.0 Å². The minimum atomic E-state index is -1.07. The molecular formula is C19H24N2O4. The van der Waals surface area contributed by atoms with Crippen molar-refractivity contribution < 1.29 is 19.5 Å². The summed E-state index contributed by atoms with van der Waals surface area (Å²) >= 11 is 0. The standard InChI is InChI=1S/C19H24N2O4/c1-3-13-21-17(24)14-9-6-7-10-15(14)19(21,2)18(25)20-12-8-4-5-11-16(22)23/h3,6-7,9-10H,1,4-5,8,11-13H2,2H3,(H,20,25)(H,22,23). The first-order chi connectivity index (χ1) is 11.9. The van der Waals surface area contributed by atoms with Crippen molar-refractivity contribution in [2.45, 2.75) is 38.1 Å². The number of hydrogen-bond acceptors (Lipinski definition) is 3. The molecule has 0 bridgehead atoms. The number of aliphatic carboxylic acids is 1. The molecule has 0 saturated heterocycles. The van der Waals surface area contributed by atoms with Crippen molar-refractivity contribution in [1.29, 1.82) is 0 Å². The molecule has 0 saturated carbocycles. The number of nitrogens with zero attached hydrogens (tertiary/aromatic N) is 1. The van der Waals surface area contributed by atoms with Crippen molar-refractivity contribution in [3.8, 4) is 0 Å². The lowest BCUT2D eigenvalue weighted by atomic mass is 9.90. The molecule has 2 amide bonds. The lowest BCUT2D eigenvalue weighted by Crippen LogP contribution is -2.52. The van der Waals surface area contributed by atoms with Gasteiger partial charge in [-0.05, 0) is 31.4 Å². The van der Waals surface area contributed by atoms with Gasteiger partial charge in [-0.2, -0.15) is 0 Å². The normalized spacial score (nSPS) is 18.8. The molecule has 1 heterocycles. The van der Waals surface area contributed by atoms with E-state index in [0.717, 1.165) is 6.42 Å². The van der Waals surface area contributed by atoms with Crippen LogP contribution < -0.4 is 5.32 Å². The van der Waals surface area contributed by atoms with Crippen LogP contribution in [0.25, 0.3) is 0 Å². The number of carbonyl (C=O) groups excluding carboxylic acids is 2. The molecule has 134 valence electrons. The fourth-order valence-corrected chi connectivity index (χ4v) is 3.18. The quantitative estimate of drug-likeness (QED) is 0.532. The predicted octanol–water partition coefficient (Wildman–Crippen LogP) is 2.30. The number of nitrogens with one attached hydrogen (secondary N) is 1. The minimum absolute atomic E-state index is 0.140. The molecular weight excluding hydrogens is 320 g/mol. The fraction of sp³-hybridized carbons (Fsp3) is 0.421. The molecule has 0 radical (unpaired) electrons. The third kappa shape index (κ3) is 3.73. The average Bonchev–Trinajstić information content (AvgIpc) is 2.81. The number of benzene rings is 1. The zero-order valence-electron chi connectivity index (χ0n) is 14.5. The molecule has 0 spiro atoms. The number of carbonyl (C=O) groups is 3. The van der Waals surface area contributed by atoms with Crippen LogP contribution in [0.4, 0.5) is 0 Å². The SMILES string of the molecule is C=CCN1C(=O)c2ccccc2C1(C)C(=O)NCCCCCC(=O)O. The van der Waals surface area contributed by atoms with Gasteiger partial charge in [-0.15, -0.1) is 6.58 Å². The Morgan fingerprint density at radius 3 is 2.68 bits per heavy atom. The van der Waals surface area contributed by atoms with Gasteiger partial charge in [-0.25, -0.2) is 0 Å². The van der Waals surface area contributed by atoms with Crippen molar-refractivity contribution in [1.82, 2.24) is 10.2 Å². The minimum Gasteiger partial charge on any atom is -0.481 e. The molecule has 6 nitrogen and oxygen atoms in total. The first-order valence-corrected chi connectivity index (χ1v) is 8.45. The summed E-state index contributed by atoms with van der Waals surface area (Å²) < 4.78 is 0. The van der Waals surface area contributed by atoms with Crippen LogP contribution in [0.15, 0.2) is 36.9 Å². The molecule has 25 heavy (non-hydrogen) atoms. The predicted molar refractivity (Wildman–Crippen MR) is 94.1 cm³/mol. The highest BCUT2D eigenvalue weighted by molar-refractivity contribution is 6.06. The summed E-state index contributed by atoms with van der Waals surface area (Å²) in [4.78, 5) is 37.5. The summed E-state index contributed by atoms with van der Waals surface area (Å²) in [6.07, 6.45) is 3.77. The topological polar surface area (TPSA) is 86.7 Å². The van der Waals surface area contributed by atoms with Gasteiger partial charge in [0.05, 0.1) is 0 Å². The van der Waals surface area contributed by atoms with E-state index in [1.54, 1.807) is 25.1 Å². The Labute approximate surface area is 147 Å². The molecule has 1 unspecified atom stereocenters. The zero-order chi connectivity index (χ0) is 18.4. The van der Waals surface area contributed by atoms with Gasteiger partial charge in [0, 0.05) is 25.1 Å². The molecule has 1 atom stereocenters. The van der Waals surface area contributed by atoms with E-state index in [0.29, 0.717) is 30.5 Å². The summed E-state index contributed by atoms with van der Waals surface area (Å²) in [6.45, 7) is 6.17. The number of hydrogen-bond donors (Lipinski definition) is 2. The van der Waals surface area contributed by atoms with E-state index in [4.69, 9.17) is 5.11 Å². The number of fused-ring (bicyclic) bond motifs is 1. The van der Waals surface area contributed by atoms with E-state index >= 15 is 0 Å². The third-order valence-electron chi connectivity index (χ3n) is 4.57. The summed E-state index contributed by atoms with van der Waals surface area (Å²) in [5.74, 6) is -1.21. The second-order valence-corrected chi connectivity index (χ2v) is 6.28. The van der Waals surface area contributed by atoms with Gasteiger partial charge in [0.2, 0.25) is 5.91 Å². The van der Waals surface area contributed by atoms with Gasteiger partial charge < -0.3 is 15.3 Å². The highest BCUT2D eigenvalue weighted by Crippen LogP contribution is 2.39. The van der Waals surface area contributed by atoms with Crippen molar-refractivity contribution >= 4 is 17.8 Å². The second-order valence-electron chi connectivity index (χ2n) is 6.28. The number of carboxylic acid groups (broad SMARTS) is 1. The first-order valence-electron chi connectivity index (χ1n) is 8.45. The Balaban J connectivity index is 2.06. The second kappa shape index (κ2) is 7.96. The van der Waals surface area contributed by atoms with E-state index in [1.807, 2.05) is 12.1 Å². The largest absolute Gasteiger partial charge is 0.481 e. The summed E-state index contributed by atoms with van der Waals surface area (Å²) in [5.41, 5.74) is 0.178.